The van der Waals surface area contributed by atoms with Crippen molar-refractivity contribution in [2.24, 2.45) is 5.16 Å². The second-order valence-corrected chi connectivity index (χ2v) is 5.52. The number of halogens is 1. The third-order valence-corrected chi connectivity index (χ3v) is 3.80. The first-order valence-electron chi connectivity index (χ1n) is 6.61. The molecule has 2 aromatic carbocycles. The molecule has 0 unspecified atom stereocenters. The van der Waals surface area contributed by atoms with E-state index in [4.69, 9.17) is 14.3 Å². The average Bonchev–Trinajstić information content (AvgIpc) is 2.98. The van der Waals surface area contributed by atoms with Gasteiger partial charge in [-0.05, 0) is 33.6 Å². The van der Waals surface area contributed by atoms with Crippen molar-refractivity contribution in [2.45, 2.75) is 6.61 Å². The smallest absolute Gasteiger partial charge is 0.269 e. The molecule has 0 bridgehead atoms. The molecule has 0 N–H and O–H groups in total. The summed E-state index contributed by atoms with van der Waals surface area (Å²) < 4.78 is 11.4. The summed E-state index contributed by atoms with van der Waals surface area (Å²) in [6.07, 6.45) is 1.53. The summed E-state index contributed by atoms with van der Waals surface area (Å²) in [5.74, 6) is 1.32. The largest absolute Gasteiger partial charge is 0.454 e. The van der Waals surface area contributed by atoms with Crippen LogP contribution in [-0.2, 0) is 11.4 Å². The number of ether oxygens (including phenoxy) is 2. The van der Waals surface area contributed by atoms with Gasteiger partial charge in [0, 0.05) is 22.2 Å². The Balaban J connectivity index is 1.64. The molecule has 0 aromatic heterocycles. The van der Waals surface area contributed by atoms with E-state index in [0.29, 0.717) is 17.1 Å². The Morgan fingerprint density at radius 2 is 2.09 bits per heavy atom. The third-order valence-electron chi connectivity index (χ3n) is 3.11. The van der Waals surface area contributed by atoms with Crippen LogP contribution in [0.4, 0.5) is 5.69 Å². The molecular weight excluding hydrogens is 368 g/mol. The van der Waals surface area contributed by atoms with Gasteiger partial charge in [-0.1, -0.05) is 17.3 Å². The van der Waals surface area contributed by atoms with Gasteiger partial charge in [0.25, 0.3) is 5.69 Å². The summed E-state index contributed by atoms with van der Waals surface area (Å²) in [4.78, 5) is 15.4. The standard InChI is InChI=1S/C15H11BrN2O5/c16-13-6-15-14(21-9-22-15)5-11(13)7-17-23-8-10-2-1-3-12(4-10)18(19)20/h1-7H,8-9H2/b17-7+. The number of hydrogen-bond donors (Lipinski definition) is 0. The summed E-state index contributed by atoms with van der Waals surface area (Å²) in [5.41, 5.74) is 1.46. The lowest BCUT2D eigenvalue weighted by Gasteiger charge is -2.02. The highest BCUT2D eigenvalue weighted by atomic mass is 79.9. The summed E-state index contributed by atoms with van der Waals surface area (Å²) >= 11 is 3.42. The molecule has 118 valence electrons. The minimum absolute atomic E-state index is 0.0218. The van der Waals surface area contributed by atoms with E-state index < -0.39 is 4.92 Å². The molecule has 2 aromatic rings. The van der Waals surface area contributed by atoms with E-state index in [0.717, 1.165) is 10.0 Å². The van der Waals surface area contributed by atoms with Gasteiger partial charge in [0.05, 0.1) is 11.1 Å². The highest BCUT2D eigenvalue weighted by molar-refractivity contribution is 9.10. The topological polar surface area (TPSA) is 83.2 Å². The molecule has 0 saturated carbocycles. The molecule has 23 heavy (non-hydrogen) atoms. The third kappa shape index (κ3) is 3.59. The molecule has 0 amide bonds. The number of non-ortho nitro benzene ring substituents is 1. The first-order valence-corrected chi connectivity index (χ1v) is 7.40. The van der Waals surface area contributed by atoms with Crippen LogP contribution in [0.1, 0.15) is 11.1 Å². The van der Waals surface area contributed by atoms with Crippen LogP contribution in [0.5, 0.6) is 11.5 Å². The van der Waals surface area contributed by atoms with Crippen molar-refractivity contribution < 1.29 is 19.2 Å². The summed E-state index contributed by atoms with van der Waals surface area (Å²) in [7, 11) is 0. The SMILES string of the molecule is O=[N+]([O-])c1cccc(CO/N=C/c2cc3c(cc2Br)OCO3)c1. The first kappa shape index (κ1) is 15.3. The molecule has 0 radical (unpaired) electrons. The van der Waals surface area contributed by atoms with Crippen LogP contribution in [0.3, 0.4) is 0 Å². The zero-order valence-corrected chi connectivity index (χ0v) is 13.4. The van der Waals surface area contributed by atoms with Crippen LogP contribution in [0.15, 0.2) is 46.0 Å². The van der Waals surface area contributed by atoms with Gasteiger partial charge < -0.3 is 14.3 Å². The molecule has 0 atom stereocenters. The molecule has 0 aliphatic carbocycles. The second-order valence-electron chi connectivity index (χ2n) is 4.66. The maximum atomic E-state index is 10.7. The van der Waals surface area contributed by atoms with E-state index in [9.17, 15) is 10.1 Å². The number of nitro benzene ring substituents is 1. The van der Waals surface area contributed by atoms with Crippen LogP contribution >= 0.6 is 15.9 Å². The average molecular weight is 379 g/mol. The van der Waals surface area contributed by atoms with Crippen molar-refractivity contribution in [3.8, 4) is 11.5 Å². The molecule has 3 rings (SSSR count). The second kappa shape index (κ2) is 6.66. The molecule has 1 aliphatic heterocycles. The Morgan fingerprint density at radius 1 is 1.30 bits per heavy atom. The Hall–Kier alpha value is -2.61. The molecule has 1 heterocycles. The van der Waals surface area contributed by atoms with E-state index in [-0.39, 0.29) is 19.1 Å². The number of nitrogens with zero attached hydrogens (tertiary/aromatic N) is 2. The molecule has 1 aliphatic rings. The maximum Gasteiger partial charge on any atom is 0.269 e. The van der Waals surface area contributed by atoms with Gasteiger partial charge in [-0.15, -0.1) is 0 Å². The van der Waals surface area contributed by atoms with Gasteiger partial charge in [-0.25, -0.2) is 0 Å². The zero-order valence-electron chi connectivity index (χ0n) is 11.8. The Bertz CT molecular complexity index is 778. The number of oxime groups is 1. The van der Waals surface area contributed by atoms with E-state index in [1.807, 2.05) is 0 Å². The normalized spacial score (nSPS) is 12.6. The Labute approximate surface area is 139 Å². The van der Waals surface area contributed by atoms with E-state index in [1.165, 1.54) is 18.3 Å². The fourth-order valence-electron chi connectivity index (χ4n) is 2.00. The minimum Gasteiger partial charge on any atom is -0.454 e. The number of hydrogen-bond acceptors (Lipinski definition) is 6. The summed E-state index contributed by atoms with van der Waals surface area (Å²) in [6, 6.07) is 9.80. The lowest BCUT2D eigenvalue weighted by molar-refractivity contribution is -0.384. The van der Waals surface area contributed by atoms with Crippen molar-refractivity contribution in [3.63, 3.8) is 0 Å². The predicted molar refractivity (Wildman–Crippen MR) is 85.7 cm³/mol. The van der Waals surface area contributed by atoms with Gasteiger partial charge in [0.2, 0.25) is 6.79 Å². The van der Waals surface area contributed by atoms with Crippen LogP contribution in [0.2, 0.25) is 0 Å². The van der Waals surface area contributed by atoms with E-state index in [1.54, 1.807) is 24.3 Å². The lowest BCUT2D eigenvalue weighted by atomic mass is 10.2. The van der Waals surface area contributed by atoms with Crippen molar-refractivity contribution in [2.75, 3.05) is 6.79 Å². The summed E-state index contributed by atoms with van der Waals surface area (Å²) in [6.45, 7) is 0.339. The molecule has 7 nitrogen and oxygen atoms in total. The van der Waals surface area contributed by atoms with Crippen molar-refractivity contribution in [3.05, 3.63) is 62.1 Å². The van der Waals surface area contributed by atoms with E-state index >= 15 is 0 Å². The van der Waals surface area contributed by atoms with Gasteiger partial charge in [-0.2, -0.15) is 0 Å². The quantitative estimate of drug-likeness (QED) is 0.450. The summed E-state index contributed by atoms with van der Waals surface area (Å²) in [5, 5.41) is 14.6. The predicted octanol–water partition coefficient (Wildman–Crippen LogP) is 3.64. The van der Waals surface area contributed by atoms with Gasteiger partial charge in [0.15, 0.2) is 11.5 Å². The Kier molecular flexibility index (Phi) is 4.42. The first-order chi connectivity index (χ1) is 11.1. The number of benzene rings is 2. The molecular formula is C15H11BrN2O5. The fourth-order valence-corrected chi connectivity index (χ4v) is 2.42. The number of fused-ring (bicyclic) bond motifs is 1. The lowest BCUT2D eigenvalue weighted by Crippen LogP contribution is -1.93. The van der Waals surface area contributed by atoms with Crippen LogP contribution < -0.4 is 9.47 Å². The highest BCUT2D eigenvalue weighted by Gasteiger charge is 2.15. The van der Waals surface area contributed by atoms with Crippen LogP contribution in [0.25, 0.3) is 0 Å². The van der Waals surface area contributed by atoms with E-state index in [2.05, 4.69) is 21.1 Å². The van der Waals surface area contributed by atoms with Crippen LogP contribution in [0, 0.1) is 10.1 Å². The van der Waals surface area contributed by atoms with Gasteiger partial charge >= 0.3 is 0 Å². The monoisotopic (exact) mass is 378 g/mol. The van der Waals surface area contributed by atoms with Crippen molar-refractivity contribution in [1.29, 1.82) is 0 Å². The zero-order chi connectivity index (χ0) is 16.2. The van der Waals surface area contributed by atoms with Crippen molar-refractivity contribution >= 4 is 27.8 Å². The van der Waals surface area contributed by atoms with Gasteiger partial charge in [-0.3, -0.25) is 10.1 Å². The molecule has 0 saturated heterocycles. The highest BCUT2D eigenvalue weighted by Crippen LogP contribution is 2.36. The van der Waals surface area contributed by atoms with Gasteiger partial charge in [0.1, 0.15) is 6.61 Å². The number of nitro groups is 1. The Morgan fingerprint density at radius 3 is 2.87 bits per heavy atom. The molecule has 0 fully saturated rings. The minimum atomic E-state index is -0.448. The fraction of sp³-hybridized carbons (Fsp3) is 0.133. The molecule has 8 heteroatoms. The maximum absolute atomic E-state index is 10.7. The van der Waals surface area contributed by atoms with Crippen LogP contribution in [-0.4, -0.2) is 17.9 Å². The number of rotatable bonds is 5. The van der Waals surface area contributed by atoms with Crippen molar-refractivity contribution in [1.82, 2.24) is 0 Å². The molecule has 0 spiro atoms.